The fourth-order valence-electron chi connectivity index (χ4n) is 2.02. The Hall–Kier alpha value is -1.72. The van der Waals surface area contributed by atoms with Crippen LogP contribution in [0.15, 0.2) is 41.0 Å². The highest BCUT2D eigenvalue weighted by Crippen LogP contribution is 2.14. The Morgan fingerprint density at radius 3 is 2.75 bits per heavy atom. The molecular formula is C15H17FN2OS. The number of hydrogen-bond acceptors (Lipinski definition) is 3. The van der Waals surface area contributed by atoms with Crippen molar-refractivity contribution in [3.63, 3.8) is 0 Å². The molecule has 3 nitrogen and oxygen atoms in total. The summed E-state index contributed by atoms with van der Waals surface area (Å²) in [6.07, 6.45) is 1.66. The maximum absolute atomic E-state index is 13.5. The summed E-state index contributed by atoms with van der Waals surface area (Å²) in [6, 6.07) is 8.68. The molecule has 2 N–H and O–H groups in total. The van der Waals surface area contributed by atoms with Crippen LogP contribution in [0.3, 0.4) is 0 Å². The van der Waals surface area contributed by atoms with Crippen LogP contribution >= 0.6 is 12.2 Å². The van der Waals surface area contributed by atoms with Gasteiger partial charge in [0, 0.05) is 12.1 Å². The highest BCUT2D eigenvalue weighted by molar-refractivity contribution is 7.80. The normalized spacial score (nSPS) is 10.9. The third-order valence-electron chi connectivity index (χ3n) is 3.11. The molecule has 2 rings (SSSR count). The van der Waals surface area contributed by atoms with Crippen molar-refractivity contribution in [2.45, 2.75) is 20.0 Å². The van der Waals surface area contributed by atoms with E-state index in [1.165, 1.54) is 6.07 Å². The largest absolute Gasteiger partial charge is 0.468 e. The van der Waals surface area contributed by atoms with Gasteiger partial charge in [-0.3, -0.25) is 4.90 Å². The van der Waals surface area contributed by atoms with E-state index in [1.807, 2.05) is 12.1 Å². The first-order chi connectivity index (χ1) is 9.60. The highest BCUT2D eigenvalue weighted by Gasteiger charge is 2.10. The molecule has 0 unspecified atom stereocenters. The number of rotatable bonds is 6. The van der Waals surface area contributed by atoms with Gasteiger partial charge in [-0.2, -0.15) is 0 Å². The van der Waals surface area contributed by atoms with E-state index in [0.717, 1.165) is 17.9 Å². The lowest BCUT2D eigenvalue weighted by molar-refractivity contribution is 0.247. The molecule has 0 fully saturated rings. The van der Waals surface area contributed by atoms with E-state index in [2.05, 4.69) is 11.8 Å². The predicted molar refractivity (Wildman–Crippen MR) is 80.8 cm³/mol. The standard InChI is InChI=1S/C15H17FN2OS/c1-2-18(10-12-4-3-7-19-12)9-11-5-6-14(16)13(8-11)15(17)20/h3-8H,2,9-10H2,1H3,(H2,17,20). The second-order valence-electron chi connectivity index (χ2n) is 4.56. The summed E-state index contributed by atoms with van der Waals surface area (Å²) in [7, 11) is 0. The maximum atomic E-state index is 13.5. The average molecular weight is 292 g/mol. The topological polar surface area (TPSA) is 42.4 Å². The minimum atomic E-state index is -0.379. The van der Waals surface area contributed by atoms with Crippen LogP contribution in [-0.2, 0) is 13.1 Å². The Kier molecular flexibility index (Phi) is 4.87. The number of nitrogens with zero attached hydrogens (tertiary/aromatic N) is 1. The van der Waals surface area contributed by atoms with Crippen molar-refractivity contribution in [3.8, 4) is 0 Å². The molecule has 0 aliphatic rings. The van der Waals surface area contributed by atoms with Gasteiger partial charge in [0.2, 0.25) is 0 Å². The van der Waals surface area contributed by atoms with Gasteiger partial charge in [0.1, 0.15) is 16.6 Å². The van der Waals surface area contributed by atoms with E-state index < -0.39 is 0 Å². The summed E-state index contributed by atoms with van der Waals surface area (Å²) in [6.45, 7) is 4.33. The summed E-state index contributed by atoms with van der Waals surface area (Å²) in [4.78, 5) is 2.27. The Labute approximate surface area is 123 Å². The molecular weight excluding hydrogens is 275 g/mol. The number of nitrogens with two attached hydrogens (primary N) is 1. The summed E-state index contributed by atoms with van der Waals surface area (Å²) in [5.74, 6) is 0.527. The van der Waals surface area contributed by atoms with Crippen LogP contribution in [0.2, 0.25) is 0 Å². The van der Waals surface area contributed by atoms with Crippen molar-refractivity contribution >= 4 is 17.2 Å². The first-order valence-electron chi connectivity index (χ1n) is 6.43. The number of hydrogen-bond donors (Lipinski definition) is 1. The SMILES string of the molecule is CCN(Cc1ccc(F)c(C(N)=S)c1)Cc1ccco1. The highest BCUT2D eigenvalue weighted by atomic mass is 32.1. The number of thiocarbonyl (C=S) groups is 1. The molecule has 0 atom stereocenters. The van der Waals surface area contributed by atoms with Crippen LogP contribution in [0.4, 0.5) is 4.39 Å². The number of benzene rings is 1. The molecule has 1 heterocycles. The van der Waals surface area contributed by atoms with E-state index in [1.54, 1.807) is 18.4 Å². The van der Waals surface area contributed by atoms with Gasteiger partial charge in [-0.05, 0) is 36.4 Å². The van der Waals surface area contributed by atoms with Crippen molar-refractivity contribution in [3.05, 3.63) is 59.3 Å². The molecule has 20 heavy (non-hydrogen) atoms. The lowest BCUT2D eigenvalue weighted by Gasteiger charge is -2.19. The molecule has 0 spiro atoms. The third kappa shape index (κ3) is 3.65. The molecule has 0 aliphatic heterocycles. The van der Waals surface area contributed by atoms with E-state index in [9.17, 15) is 4.39 Å². The van der Waals surface area contributed by atoms with E-state index in [0.29, 0.717) is 18.7 Å². The quantitative estimate of drug-likeness (QED) is 0.831. The lowest BCUT2D eigenvalue weighted by Crippen LogP contribution is -2.22. The Morgan fingerprint density at radius 2 is 2.15 bits per heavy atom. The molecule has 0 aliphatic carbocycles. The van der Waals surface area contributed by atoms with Crippen molar-refractivity contribution in [2.24, 2.45) is 5.73 Å². The minimum absolute atomic E-state index is 0.0819. The Balaban J connectivity index is 2.11. The third-order valence-corrected chi connectivity index (χ3v) is 3.33. The smallest absolute Gasteiger partial charge is 0.133 e. The molecule has 106 valence electrons. The lowest BCUT2D eigenvalue weighted by atomic mass is 10.1. The van der Waals surface area contributed by atoms with Crippen molar-refractivity contribution in [1.82, 2.24) is 4.90 Å². The van der Waals surface area contributed by atoms with Gasteiger partial charge in [0.15, 0.2) is 0 Å². The second kappa shape index (κ2) is 6.63. The summed E-state index contributed by atoms with van der Waals surface area (Å²) >= 11 is 4.85. The van der Waals surface area contributed by atoms with Crippen molar-refractivity contribution in [2.75, 3.05) is 6.54 Å². The molecule has 5 heteroatoms. The number of furan rings is 1. The van der Waals surface area contributed by atoms with Gasteiger partial charge in [-0.25, -0.2) is 4.39 Å². The molecule has 1 aromatic carbocycles. The van der Waals surface area contributed by atoms with Gasteiger partial charge in [-0.15, -0.1) is 0 Å². The molecule has 0 radical (unpaired) electrons. The fourth-order valence-corrected chi connectivity index (χ4v) is 2.18. The monoisotopic (exact) mass is 292 g/mol. The van der Waals surface area contributed by atoms with Gasteiger partial charge in [0.05, 0.1) is 12.8 Å². The van der Waals surface area contributed by atoms with Gasteiger partial charge in [0.25, 0.3) is 0 Å². The first-order valence-corrected chi connectivity index (χ1v) is 6.84. The zero-order chi connectivity index (χ0) is 14.5. The van der Waals surface area contributed by atoms with Crippen LogP contribution in [0, 0.1) is 5.82 Å². The van der Waals surface area contributed by atoms with Crippen LogP contribution in [0.1, 0.15) is 23.8 Å². The second-order valence-corrected chi connectivity index (χ2v) is 5.00. The molecule has 0 bridgehead atoms. The van der Waals surface area contributed by atoms with E-state index in [4.69, 9.17) is 22.4 Å². The molecule has 0 amide bonds. The summed E-state index contributed by atoms with van der Waals surface area (Å²) in [5.41, 5.74) is 6.79. The van der Waals surface area contributed by atoms with Gasteiger partial charge < -0.3 is 10.2 Å². The fraction of sp³-hybridized carbons (Fsp3) is 0.267. The average Bonchev–Trinajstić information content (AvgIpc) is 2.92. The van der Waals surface area contributed by atoms with Gasteiger partial charge >= 0.3 is 0 Å². The van der Waals surface area contributed by atoms with E-state index >= 15 is 0 Å². The molecule has 2 aromatic rings. The number of halogens is 1. The zero-order valence-electron chi connectivity index (χ0n) is 11.3. The molecule has 0 saturated heterocycles. The van der Waals surface area contributed by atoms with Crippen LogP contribution in [0.25, 0.3) is 0 Å². The van der Waals surface area contributed by atoms with Crippen LogP contribution in [0.5, 0.6) is 0 Å². The molecule has 1 aromatic heterocycles. The van der Waals surface area contributed by atoms with Crippen LogP contribution < -0.4 is 5.73 Å². The van der Waals surface area contributed by atoms with Crippen LogP contribution in [-0.4, -0.2) is 16.4 Å². The van der Waals surface area contributed by atoms with Crippen molar-refractivity contribution in [1.29, 1.82) is 0 Å². The van der Waals surface area contributed by atoms with Gasteiger partial charge in [-0.1, -0.05) is 25.2 Å². The molecule has 0 saturated carbocycles. The van der Waals surface area contributed by atoms with Crippen molar-refractivity contribution < 1.29 is 8.81 Å². The first kappa shape index (κ1) is 14.7. The predicted octanol–water partition coefficient (Wildman–Crippen LogP) is 3.08. The Morgan fingerprint density at radius 1 is 1.35 bits per heavy atom. The maximum Gasteiger partial charge on any atom is 0.133 e. The summed E-state index contributed by atoms with van der Waals surface area (Å²) in [5, 5.41) is 0. The minimum Gasteiger partial charge on any atom is -0.468 e. The Bertz CT molecular complexity index is 584. The van der Waals surface area contributed by atoms with E-state index in [-0.39, 0.29) is 10.8 Å². The zero-order valence-corrected chi connectivity index (χ0v) is 12.1. The summed E-state index contributed by atoms with van der Waals surface area (Å²) < 4.78 is 18.9.